The fourth-order valence-electron chi connectivity index (χ4n) is 3.87. The Labute approximate surface area is 202 Å². The fourth-order valence-corrected chi connectivity index (χ4v) is 4.86. The molecule has 0 spiro atoms. The molecule has 1 aliphatic heterocycles. The Morgan fingerprint density at radius 3 is 2.62 bits per heavy atom. The number of hydrogen-bond donors (Lipinski definition) is 2. The first-order valence-corrected chi connectivity index (χ1v) is 11.7. The molecule has 7 nitrogen and oxygen atoms in total. The van der Waals surface area contributed by atoms with Crippen LogP contribution in [0.3, 0.4) is 0 Å². The molecule has 2 heterocycles. The number of nitrogens with zero attached hydrogens (tertiary/aromatic N) is 1. The van der Waals surface area contributed by atoms with Crippen molar-refractivity contribution in [3.05, 3.63) is 81.9 Å². The molecule has 2 N–H and O–H groups in total. The lowest BCUT2D eigenvalue weighted by molar-refractivity contribution is -0.156. The molecule has 0 bridgehead atoms. The molecule has 1 aromatic heterocycles. The number of carbonyl (C=O) groups is 2. The zero-order chi connectivity index (χ0) is 24.3. The van der Waals surface area contributed by atoms with Gasteiger partial charge < -0.3 is 19.9 Å². The number of nitrogens with one attached hydrogen (secondary N) is 1. The van der Waals surface area contributed by atoms with E-state index in [4.69, 9.17) is 9.47 Å². The number of ether oxygens (including phenoxy) is 2. The second-order valence-corrected chi connectivity index (χ2v) is 9.21. The van der Waals surface area contributed by atoms with Crippen LogP contribution in [0.15, 0.2) is 54.6 Å². The Balaban J connectivity index is 1.50. The predicted molar refractivity (Wildman–Crippen MR) is 130 cm³/mol. The molecule has 4 rings (SSSR count). The summed E-state index contributed by atoms with van der Waals surface area (Å²) in [5.41, 5.74) is 2.96. The maximum absolute atomic E-state index is 13.0. The number of carbonyl (C=O) groups excluding carboxylic acids is 1. The van der Waals surface area contributed by atoms with Crippen LogP contribution in [0, 0.1) is 13.8 Å². The highest BCUT2D eigenvalue weighted by atomic mass is 32.1. The summed E-state index contributed by atoms with van der Waals surface area (Å²) in [7, 11) is 1.56. The van der Waals surface area contributed by atoms with E-state index in [1.54, 1.807) is 25.3 Å². The fraction of sp³-hybridized carbons (Fsp3) is 0.269. The number of methoxy groups -OCH3 is 1. The van der Waals surface area contributed by atoms with Crippen LogP contribution in [0.25, 0.3) is 10.6 Å². The first-order valence-electron chi connectivity index (χ1n) is 10.8. The van der Waals surface area contributed by atoms with E-state index >= 15 is 0 Å². The number of amides is 1. The number of thiazole rings is 1. The molecule has 0 aliphatic carbocycles. The summed E-state index contributed by atoms with van der Waals surface area (Å²) < 4.78 is 11.0. The molecule has 1 aliphatic rings. The van der Waals surface area contributed by atoms with Crippen LogP contribution in [0.2, 0.25) is 0 Å². The first-order chi connectivity index (χ1) is 16.3. The Bertz CT molecular complexity index is 1250. The van der Waals surface area contributed by atoms with E-state index in [0.717, 1.165) is 27.3 Å². The van der Waals surface area contributed by atoms with E-state index in [1.807, 2.05) is 50.2 Å². The summed E-state index contributed by atoms with van der Waals surface area (Å²) in [6, 6.07) is 13.5. The van der Waals surface area contributed by atoms with Crippen molar-refractivity contribution < 1.29 is 24.2 Å². The molecule has 176 valence electrons. The van der Waals surface area contributed by atoms with Crippen molar-refractivity contribution in [2.75, 3.05) is 13.7 Å². The maximum Gasteiger partial charge on any atom is 0.340 e. The SMILES string of the molecule is COc1ccc(CC2(C(=O)O)C=CCO2)cc1CNC(=O)c1sc(-c2ccc(C)cc2)nc1C. The lowest BCUT2D eigenvalue weighted by atomic mass is 9.93. The largest absolute Gasteiger partial charge is 0.496 e. The molecule has 34 heavy (non-hydrogen) atoms. The summed E-state index contributed by atoms with van der Waals surface area (Å²) in [4.78, 5) is 29.9. The minimum Gasteiger partial charge on any atom is -0.496 e. The molecule has 0 radical (unpaired) electrons. The van der Waals surface area contributed by atoms with Crippen molar-refractivity contribution in [1.82, 2.24) is 10.3 Å². The monoisotopic (exact) mass is 478 g/mol. The highest BCUT2D eigenvalue weighted by molar-refractivity contribution is 7.17. The Morgan fingerprint density at radius 2 is 1.97 bits per heavy atom. The standard InChI is InChI=1S/C26H26N2O5S/c1-16-5-8-19(9-6-16)24-28-17(2)22(34-24)23(29)27-15-20-13-18(7-10-21(20)32-3)14-26(25(30)31)11-4-12-33-26/h4-11,13H,12,14-15H2,1-3H3,(H,27,29)(H,30,31). The normalized spacial score (nSPS) is 17.0. The third-order valence-corrected chi connectivity index (χ3v) is 6.94. The van der Waals surface area contributed by atoms with E-state index < -0.39 is 11.6 Å². The first kappa shape index (κ1) is 23.7. The minimum atomic E-state index is -1.37. The van der Waals surface area contributed by atoms with Crippen molar-refractivity contribution >= 4 is 23.2 Å². The van der Waals surface area contributed by atoms with Gasteiger partial charge >= 0.3 is 5.97 Å². The van der Waals surface area contributed by atoms with Crippen LogP contribution < -0.4 is 10.1 Å². The third kappa shape index (κ3) is 4.88. The van der Waals surface area contributed by atoms with Crippen LogP contribution in [0.1, 0.15) is 32.1 Å². The topological polar surface area (TPSA) is 97.8 Å². The van der Waals surface area contributed by atoms with Crippen LogP contribution >= 0.6 is 11.3 Å². The predicted octanol–water partition coefficient (Wildman–Crippen LogP) is 4.32. The number of benzene rings is 2. The number of hydrogen-bond acceptors (Lipinski definition) is 6. The highest BCUT2D eigenvalue weighted by Gasteiger charge is 2.39. The molecule has 0 fully saturated rings. The van der Waals surface area contributed by atoms with Crippen LogP contribution in [0.4, 0.5) is 0 Å². The molecular weight excluding hydrogens is 452 g/mol. The Hall–Kier alpha value is -3.49. The van der Waals surface area contributed by atoms with Gasteiger partial charge in [0.2, 0.25) is 0 Å². The molecule has 3 aromatic rings. The average molecular weight is 479 g/mol. The van der Waals surface area contributed by atoms with E-state index in [2.05, 4.69) is 10.3 Å². The van der Waals surface area contributed by atoms with Gasteiger partial charge in [-0.05, 0) is 31.6 Å². The van der Waals surface area contributed by atoms with Gasteiger partial charge in [0, 0.05) is 24.1 Å². The van der Waals surface area contributed by atoms with Gasteiger partial charge in [-0.15, -0.1) is 11.3 Å². The van der Waals surface area contributed by atoms with Gasteiger partial charge in [0.15, 0.2) is 5.60 Å². The molecule has 1 atom stereocenters. The summed E-state index contributed by atoms with van der Waals surface area (Å²) in [5, 5.41) is 13.4. The van der Waals surface area contributed by atoms with E-state index in [9.17, 15) is 14.7 Å². The van der Waals surface area contributed by atoms with Crippen molar-refractivity contribution in [2.45, 2.75) is 32.4 Å². The van der Waals surface area contributed by atoms with Crippen molar-refractivity contribution in [2.24, 2.45) is 0 Å². The molecule has 0 saturated heterocycles. The summed E-state index contributed by atoms with van der Waals surface area (Å²) >= 11 is 1.35. The van der Waals surface area contributed by atoms with Crippen molar-refractivity contribution in [1.29, 1.82) is 0 Å². The summed E-state index contributed by atoms with van der Waals surface area (Å²) in [5.74, 6) is -0.639. The van der Waals surface area contributed by atoms with Gasteiger partial charge in [0.25, 0.3) is 5.91 Å². The number of aryl methyl sites for hydroxylation is 2. The van der Waals surface area contributed by atoms with Gasteiger partial charge in [-0.1, -0.05) is 48.0 Å². The summed E-state index contributed by atoms with van der Waals surface area (Å²) in [6.45, 7) is 4.34. The maximum atomic E-state index is 13.0. The second kappa shape index (κ2) is 9.79. The third-order valence-electron chi connectivity index (χ3n) is 5.74. The zero-order valence-electron chi connectivity index (χ0n) is 19.3. The number of rotatable bonds is 8. The Morgan fingerprint density at radius 1 is 1.21 bits per heavy atom. The summed E-state index contributed by atoms with van der Waals surface area (Å²) in [6.07, 6.45) is 3.47. The molecule has 8 heteroatoms. The van der Waals surface area contributed by atoms with Gasteiger partial charge in [0.1, 0.15) is 15.6 Å². The van der Waals surface area contributed by atoms with Crippen LogP contribution in [-0.4, -0.2) is 41.3 Å². The van der Waals surface area contributed by atoms with Crippen LogP contribution in [0.5, 0.6) is 5.75 Å². The van der Waals surface area contributed by atoms with E-state index in [1.165, 1.54) is 11.3 Å². The van der Waals surface area contributed by atoms with E-state index in [-0.39, 0.29) is 25.5 Å². The lowest BCUT2D eigenvalue weighted by Gasteiger charge is -2.22. The lowest BCUT2D eigenvalue weighted by Crippen LogP contribution is -2.39. The Kier molecular flexibility index (Phi) is 6.81. The van der Waals surface area contributed by atoms with Gasteiger partial charge in [0.05, 0.1) is 19.4 Å². The highest BCUT2D eigenvalue weighted by Crippen LogP contribution is 2.30. The van der Waals surface area contributed by atoms with Gasteiger partial charge in [-0.3, -0.25) is 4.79 Å². The number of aromatic nitrogens is 1. The number of carboxylic acids is 1. The second-order valence-electron chi connectivity index (χ2n) is 8.21. The molecule has 1 amide bonds. The van der Waals surface area contributed by atoms with Gasteiger partial charge in [-0.25, -0.2) is 9.78 Å². The van der Waals surface area contributed by atoms with Crippen LogP contribution in [-0.2, 0) is 22.5 Å². The average Bonchev–Trinajstić information content (AvgIpc) is 3.46. The zero-order valence-corrected chi connectivity index (χ0v) is 20.1. The smallest absolute Gasteiger partial charge is 0.340 e. The quantitative estimate of drug-likeness (QED) is 0.468. The minimum absolute atomic E-state index is 0.178. The van der Waals surface area contributed by atoms with Crippen molar-refractivity contribution in [3.63, 3.8) is 0 Å². The van der Waals surface area contributed by atoms with Gasteiger partial charge in [-0.2, -0.15) is 0 Å². The number of carboxylic acid groups (broad SMARTS) is 1. The van der Waals surface area contributed by atoms with Crippen molar-refractivity contribution in [3.8, 4) is 16.3 Å². The van der Waals surface area contributed by atoms with E-state index in [0.29, 0.717) is 16.3 Å². The molecule has 2 aromatic carbocycles. The number of aliphatic carboxylic acids is 1. The molecular formula is C26H26N2O5S. The molecule has 0 saturated carbocycles. The molecule has 1 unspecified atom stereocenters.